The van der Waals surface area contributed by atoms with E-state index in [9.17, 15) is 13.2 Å². The fourth-order valence-corrected chi connectivity index (χ4v) is 3.48. The minimum absolute atomic E-state index is 0.0944. The first-order chi connectivity index (χ1) is 11.5. The van der Waals surface area contributed by atoms with E-state index in [1.165, 1.54) is 12.1 Å². The molecule has 3 aromatic rings. The smallest absolute Gasteiger partial charge is 0.233 e. The van der Waals surface area contributed by atoms with Gasteiger partial charge in [-0.15, -0.1) is 0 Å². The van der Waals surface area contributed by atoms with Crippen LogP contribution < -0.4 is 5.32 Å². The number of rotatable bonds is 6. The number of carbonyl (C=O) groups excluding carboxylic acids is 1. The van der Waals surface area contributed by atoms with E-state index < -0.39 is 9.84 Å². The Morgan fingerprint density at radius 1 is 1.17 bits per heavy atom. The third-order valence-electron chi connectivity index (χ3n) is 3.45. The zero-order valence-electron chi connectivity index (χ0n) is 12.8. The molecule has 0 aliphatic rings. The number of carbonyl (C=O) groups is 1. The van der Waals surface area contributed by atoms with Crippen LogP contribution in [0.2, 0.25) is 0 Å². The molecule has 0 unspecified atom stereocenters. The van der Waals surface area contributed by atoms with Crippen molar-refractivity contribution in [3.05, 3.63) is 60.7 Å². The van der Waals surface area contributed by atoms with Crippen molar-refractivity contribution in [2.75, 3.05) is 5.75 Å². The zero-order chi connectivity index (χ0) is 17.0. The van der Waals surface area contributed by atoms with Crippen LogP contribution in [-0.4, -0.2) is 34.4 Å². The average molecular weight is 344 g/mol. The first-order valence-corrected chi connectivity index (χ1v) is 9.03. The lowest BCUT2D eigenvalue weighted by Gasteiger charge is -2.05. The van der Waals surface area contributed by atoms with Gasteiger partial charge in [0.15, 0.2) is 9.84 Å². The van der Waals surface area contributed by atoms with Gasteiger partial charge in [0.05, 0.1) is 22.9 Å². The second-order valence-corrected chi connectivity index (χ2v) is 7.33. The summed E-state index contributed by atoms with van der Waals surface area (Å²) in [6, 6.07) is 9.89. The fourth-order valence-electron chi connectivity index (χ4n) is 2.21. The molecule has 0 aliphatic carbocycles. The van der Waals surface area contributed by atoms with Crippen molar-refractivity contribution in [2.45, 2.75) is 17.9 Å². The molecular formula is C16H16N4O3S. The molecule has 0 atom stereocenters. The van der Waals surface area contributed by atoms with Crippen LogP contribution in [0.15, 0.2) is 59.9 Å². The maximum atomic E-state index is 12.1. The van der Waals surface area contributed by atoms with Crippen molar-refractivity contribution in [3.8, 4) is 0 Å². The lowest BCUT2D eigenvalue weighted by Crippen LogP contribution is -2.25. The molecule has 3 rings (SSSR count). The van der Waals surface area contributed by atoms with Crippen LogP contribution in [0.1, 0.15) is 12.1 Å². The van der Waals surface area contributed by atoms with Gasteiger partial charge >= 0.3 is 0 Å². The highest BCUT2D eigenvalue weighted by Gasteiger charge is 2.16. The lowest BCUT2D eigenvalue weighted by atomic mass is 10.4. The molecule has 1 N–H and O–H groups in total. The van der Waals surface area contributed by atoms with Gasteiger partial charge in [-0.1, -0.05) is 18.2 Å². The van der Waals surface area contributed by atoms with Crippen molar-refractivity contribution in [1.29, 1.82) is 0 Å². The topological polar surface area (TPSA) is 93.4 Å². The van der Waals surface area contributed by atoms with Gasteiger partial charge in [0.2, 0.25) is 11.7 Å². The maximum absolute atomic E-state index is 12.1. The van der Waals surface area contributed by atoms with E-state index in [-0.39, 0.29) is 29.5 Å². The number of hydrogen-bond acceptors (Lipinski definition) is 5. The number of aromatic nitrogens is 3. The van der Waals surface area contributed by atoms with E-state index >= 15 is 0 Å². The quantitative estimate of drug-likeness (QED) is 0.725. The predicted octanol–water partition coefficient (Wildman–Crippen LogP) is 1.21. The Morgan fingerprint density at radius 3 is 2.71 bits per heavy atom. The molecule has 1 amide bonds. The number of sulfone groups is 1. The van der Waals surface area contributed by atoms with Crippen LogP contribution in [0, 0.1) is 0 Å². The highest BCUT2D eigenvalue weighted by Crippen LogP contribution is 2.11. The number of nitrogens with one attached hydrogen (secondary N) is 1. The highest BCUT2D eigenvalue weighted by molar-refractivity contribution is 7.91. The van der Waals surface area contributed by atoms with Gasteiger partial charge in [-0.3, -0.25) is 9.20 Å². The Morgan fingerprint density at radius 2 is 1.96 bits per heavy atom. The molecule has 2 aromatic heterocycles. The van der Waals surface area contributed by atoms with Gasteiger partial charge in [0.25, 0.3) is 0 Å². The Hall–Kier alpha value is -2.74. The number of amides is 1. The molecule has 2 heterocycles. The SMILES string of the molecule is O=C(CCS(=O)(=O)c1ccccc1)NCc1cn2cccnc2n1. The van der Waals surface area contributed by atoms with Gasteiger partial charge in [0, 0.05) is 25.0 Å². The van der Waals surface area contributed by atoms with Crippen molar-refractivity contribution in [2.24, 2.45) is 0 Å². The van der Waals surface area contributed by atoms with Crippen molar-refractivity contribution in [1.82, 2.24) is 19.7 Å². The van der Waals surface area contributed by atoms with Crippen LogP contribution >= 0.6 is 0 Å². The maximum Gasteiger partial charge on any atom is 0.233 e. The Bertz CT molecular complexity index is 919. The molecule has 7 nitrogen and oxygen atoms in total. The Labute approximate surface area is 139 Å². The molecule has 124 valence electrons. The summed E-state index contributed by atoms with van der Waals surface area (Å²) >= 11 is 0. The number of benzene rings is 1. The molecule has 0 radical (unpaired) electrons. The molecule has 0 aliphatic heterocycles. The Kier molecular flexibility index (Phi) is 4.57. The molecule has 1 aromatic carbocycles. The van der Waals surface area contributed by atoms with E-state index in [1.807, 2.05) is 6.20 Å². The van der Waals surface area contributed by atoms with Gasteiger partial charge < -0.3 is 5.32 Å². The molecule has 0 spiro atoms. The van der Waals surface area contributed by atoms with Crippen LogP contribution in [0.5, 0.6) is 0 Å². The second-order valence-electron chi connectivity index (χ2n) is 5.22. The first-order valence-electron chi connectivity index (χ1n) is 7.38. The molecule has 24 heavy (non-hydrogen) atoms. The van der Waals surface area contributed by atoms with Gasteiger partial charge in [-0.05, 0) is 18.2 Å². The molecule has 8 heteroatoms. The third-order valence-corrected chi connectivity index (χ3v) is 5.18. The summed E-state index contributed by atoms with van der Waals surface area (Å²) < 4.78 is 26.0. The summed E-state index contributed by atoms with van der Waals surface area (Å²) in [5.41, 5.74) is 0.660. The van der Waals surface area contributed by atoms with E-state index in [0.717, 1.165) is 0 Å². The van der Waals surface area contributed by atoms with Gasteiger partial charge in [-0.2, -0.15) is 0 Å². The van der Waals surface area contributed by atoms with E-state index in [2.05, 4.69) is 15.3 Å². The van der Waals surface area contributed by atoms with Gasteiger partial charge in [-0.25, -0.2) is 18.4 Å². The minimum Gasteiger partial charge on any atom is -0.350 e. The van der Waals surface area contributed by atoms with E-state index in [4.69, 9.17) is 0 Å². The Balaban J connectivity index is 1.54. The van der Waals surface area contributed by atoms with Crippen LogP contribution in [0.4, 0.5) is 0 Å². The standard InChI is InChI=1S/C16H16N4O3S/c21-15(7-10-24(22,23)14-5-2-1-3-6-14)18-11-13-12-20-9-4-8-17-16(20)19-13/h1-6,8-9,12H,7,10-11H2,(H,18,21). The van der Waals surface area contributed by atoms with Crippen LogP contribution in [-0.2, 0) is 21.2 Å². The third kappa shape index (κ3) is 3.77. The molecule has 0 saturated carbocycles. The van der Waals surface area contributed by atoms with Crippen molar-refractivity contribution in [3.63, 3.8) is 0 Å². The molecular weight excluding hydrogens is 328 g/mol. The molecule has 0 bridgehead atoms. The predicted molar refractivity (Wildman–Crippen MR) is 87.9 cm³/mol. The number of imidazole rings is 1. The minimum atomic E-state index is -3.45. The number of hydrogen-bond donors (Lipinski definition) is 1. The normalized spacial score (nSPS) is 11.5. The monoisotopic (exact) mass is 344 g/mol. The summed E-state index contributed by atoms with van der Waals surface area (Å²) in [5, 5.41) is 2.68. The summed E-state index contributed by atoms with van der Waals surface area (Å²) in [7, 11) is -3.45. The van der Waals surface area contributed by atoms with E-state index in [0.29, 0.717) is 11.5 Å². The lowest BCUT2D eigenvalue weighted by molar-refractivity contribution is -0.120. The number of fused-ring (bicyclic) bond motifs is 1. The summed E-state index contributed by atoms with van der Waals surface area (Å²) in [5.74, 6) is -0.0109. The highest BCUT2D eigenvalue weighted by atomic mass is 32.2. The molecule has 0 fully saturated rings. The van der Waals surface area contributed by atoms with Crippen LogP contribution in [0.3, 0.4) is 0 Å². The second kappa shape index (κ2) is 6.79. The first kappa shape index (κ1) is 16.1. The summed E-state index contributed by atoms with van der Waals surface area (Å²) in [4.78, 5) is 20.5. The van der Waals surface area contributed by atoms with E-state index in [1.54, 1.807) is 41.1 Å². The van der Waals surface area contributed by atoms with Crippen LogP contribution in [0.25, 0.3) is 5.78 Å². The zero-order valence-corrected chi connectivity index (χ0v) is 13.6. The summed E-state index contributed by atoms with van der Waals surface area (Å²) in [6.45, 7) is 0.230. The fraction of sp³-hybridized carbons (Fsp3) is 0.188. The van der Waals surface area contributed by atoms with Gasteiger partial charge in [0.1, 0.15) is 0 Å². The van der Waals surface area contributed by atoms with Crippen molar-refractivity contribution < 1.29 is 13.2 Å². The largest absolute Gasteiger partial charge is 0.350 e. The average Bonchev–Trinajstić information content (AvgIpc) is 3.02. The number of nitrogens with zero attached hydrogens (tertiary/aromatic N) is 3. The summed E-state index contributed by atoms with van der Waals surface area (Å²) in [6.07, 6.45) is 5.12. The van der Waals surface area contributed by atoms with Crippen molar-refractivity contribution >= 4 is 21.5 Å². The molecule has 0 saturated heterocycles.